The number of hydrogen-bond donors (Lipinski definition) is 7. The maximum absolute atomic E-state index is 12.9. The normalized spacial score (nSPS) is 24.0. The molecule has 14 heteroatoms. The Hall–Kier alpha value is -1.20. The van der Waals surface area contributed by atoms with Crippen LogP contribution in [0.4, 0.5) is 0 Å². The van der Waals surface area contributed by atoms with Gasteiger partial charge in [0, 0.05) is 0 Å². The SMILES string of the molecule is CCCC/C=C\CCCCCC(O)C(=O)NC(COC1OC(CO)C(O)C(OS(=O)(=O)O)C1O)C(O)CCCCCCCCCCC. The van der Waals surface area contributed by atoms with Crippen LogP contribution in [0.1, 0.15) is 129 Å². The standard InChI is InChI=1S/C33H63NO12S/c1-3-5-7-9-11-13-15-17-19-21-26(36)25(34-32(40)27(37)22-20-18-16-14-12-10-8-6-4-2)24-44-33-30(39)31(46-47(41,42)43)29(38)28(23-35)45-33/h10,12,25-31,33,35-39H,3-9,11,13-24H2,1-2H3,(H,34,40)(H,41,42,43)/b12-10-. The summed E-state index contributed by atoms with van der Waals surface area (Å²) in [5.74, 6) is -0.689. The molecule has 1 fully saturated rings. The van der Waals surface area contributed by atoms with Crippen LogP contribution in [0.2, 0.25) is 0 Å². The molecular weight excluding hydrogens is 634 g/mol. The predicted octanol–water partition coefficient (Wildman–Crippen LogP) is 3.45. The van der Waals surface area contributed by atoms with Gasteiger partial charge in [0.15, 0.2) is 6.29 Å². The third-order valence-corrected chi connectivity index (χ3v) is 8.90. The zero-order valence-corrected chi connectivity index (χ0v) is 29.3. The number of unbranched alkanes of at least 4 members (excludes halogenated alkanes) is 13. The summed E-state index contributed by atoms with van der Waals surface area (Å²) in [4.78, 5) is 12.9. The molecule has 1 saturated heterocycles. The maximum atomic E-state index is 12.9. The van der Waals surface area contributed by atoms with E-state index in [2.05, 4.69) is 35.5 Å². The highest BCUT2D eigenvalue weighted by Gasteiger charge is 2.48. The van der Waals surface area contributed by atoms with Gasteiger partial charge in [-0.1, -0.05) is 109 Å². The number of rotatable bonds is 28. The van der Waals surface area contributed by atoms with Crippen LogP contribution < -0.4 is 5.32 Å². The van der Waals surface area contributed by atoms with E-state index in [1.807, 2.05) is 0 Å². The lowest BCUT2D eigenvalue weighted by atomic mass is 9.99. The van der Waals surface area contributed by atoms with Crippen LogP contribution in [-0.4, -0.2) is 107 Å². The van der Waals surface area contributed by atoms with Gasteiger partial charge in [0.25, 0.3) is 0 Å². The molecule has 0 aliphatic carbocycles. The minimum atomic E-state index is -5.10. The first kappa shape index (κ1) is 43.8. The molecule has 0 spiro atoms. The second kappa shape index (κ2) is 25.7. The molecule has 0 saturated carbocycles. The summed E-state index contributed by atoms with van der Waals surface area (Å²) in [6.45, 7) is 3.12. The highest BCUT2D eigenvalue weighted by atomic mass is 32.3. The van der Waals surface area contributed by atoms with Crippen molar-refractivity contribution in [3.05, 3.63) is 12.2 Å². The summed E-state index contributed by atoms with van der Waals surface area (Å²) in [6, 6.07) is -1.03. The van der Waals surface area contributed by atoms with Crippen LogP contribution in [0.15, 0.2) is 12.2 Å². The van der Waals surface area contributed by atoms with Gasteiger partial charge in [-0.05, 0) is 32.1 Å². The van der Waals surface area contributed by atoms with Gasteiger partial charge in [-0.25, -0.2) is 4.18 Å². The van der Waals surface area contributed by atoms with Crippen LogP contribution in [0, 0.1) is 0 Å². The Bertz CT molecular complexity index is 937. The minimum Gasteiger partial charge on any atom is -0.394 e. The lowest BCUT2D eigenvalue weighted by Crippen LogP contribution is -2.61. The molecular formula is C33H63NO12S. The zero-order chi connectivity index (χ0) is 35.1. The number of aliphatic hydroxyl groups excluding tert-OH is 5. The first-order valence-electron chi connectivity index (χ1n) is 17.7. The Morgan fingerprint density at radius 2 is 1.38 bits per heavy atom. The third-order valence-electron chi connectivity index (χ3n) is 8.43. The Kier molecular flexibility index (Phi) is 24.0. The van der Waals surface area contributed by atoms with Crippen LogP contribution in [0.25, 0.3) is 0 Å². The van der Waals surface area contributed by atoms with Crippen LogP contribution in [-0.2, 0) is 28.9 Å². The van der Waals surface area contributed by atoms with Gasteiger partial charge in [-0.3, -0.25) is 9.35 Å². The maximum Gasteiger partial charge on any atom is 0.397 e. The largest absolute Gasteiger partial charge is 0.397 e. The van der Waals surface area contributed by atoms with E-state index >= 15 is 0 Å². The average molecular weight is 698 g/mol. The van der Waals surface area contributed by atoms with E-state index in [-0.39, 0.29) is 6.42 Å². The number of carbonyl (C=O) groups is 1. The van der Waals surface area contributed by atoms with E-state index < -0.39 is 78.5 Å². The minimum absolute atomic E-state index is 0.239. The molecule has 1 aliphatic rings. The Balaban J connectivity index is 2.76. The number of hydrogen-bond acceptors (Lipinski definition) is 11. The number of ether oxygens (including phenoxy) is 2. The molecule has 7 N–H and O–H groups in total. The molecule has 1 heterocycles. The highest BCUT2D eigenvalue weighted by molar-refractivity contribution is 7.80. The first-order chi connectivity index (χ1) is 22.4. The monoisotopic (exact) mass is 697 g/mol. The molecule has 47 heavy (non-hydrogen) atoms. The van der Waals surface area contributed by atoms with E-state index in [1.165, 1.54) is 32.1 Å². The summed E-state index contributed by atoms with van der Waals surface area (Å²) in [7, 11) is -5.10. The smallest absolute Gasteiger partial charge is 0.394 e. The van der Waals surface area contributed by atoms with Gasteiger partial charge in [0.1, 0.15) is 30.5 Å². The molecule has 8 unspecified atom stereocenters. The van der Waals surface area contributed by atoms with Crippen molar-refractivity contribution in [2.24, 2.45) is 0 Å². The zero-order valence-electron chi connectivity index (χ0n) is 28.5. The fraction of sp³-hybridized carbons (Fsp3) is 0.909. The molecule has 1 rings (SSSR count). The fourth-order valence-electron chi connectivity index (χ4n) is 5.50. The van der Waals surface area contributed by atoms with Crippen molar-refractivity contribution in [3.8, 4) is 0 Å². The van der Waals surface area contributed by atoms with Gasteiger partial charge in [-0.2, -0.15) is 8.42 Å². The summed E-state index contributed by atoms with van der Waals surface area (Å²) in [6.07, 6.45) is 10.3. The summed E-state index contributed by atoms with van der Waals surface area (Å²) in [5, 5.41) is 54.7. The Morgan fingerprint density at radius 3 is 1.98 bits per heavy atom. The topological polar surface area (TPSA) is 212 Å². The molecule has 278 valence electrons. The van der Waals surface area contributed by atoms with E-state index in [0.29, 0.717) is 19.3 Å². The van der Waals surface area contributed by atoms with Crippen molar-refractivity contribution in [2.45, 2.75) is 178 Å². The van der Waals surface area contributed by atoms with E-state index in [1.54, 1.807) is 0 Å². The Morgan fingerprint density at radius 1 is 0.830 bits per heavy atom. The number of aliphatic hydroxyl groups is 5. The third kappa shape index (κ3) is 19.5. The predicted molar refractivity (Wildman–Crippen MR) is 178 cm³/mol. The Labute approximate surface area is 282 Å². The molecule has 0 radical (unpaired) electrons. The average Bonchev–Trinajstić information content (AvgIpc) is 3.03. The van der Waals surface area contributed by atoms with Crippen molar-refractivity contribution in [1.29, 1.82) is 0 Å². The molecule has 0 bridgehead atoms. The summed E-state index contributed by atoms with van der Waals surface area (Å²) < 4.78 is 47.1. The van der Waals surface area contributed by atoms with E-state index in [4.69, 9.17) is 14.0 Å². The molecule has 1 amide bonds. The summed E-state index contributed by atoms with van der Waals surface area (Å²) >= 11 is 0. The van der Waals surface area contributed by atoms with E-state index in [9.17, 15) is 38.7 Å². The van der Waals surface area contributed by atoms with Crippen LogP contribution >= 0.6 is 0 Å². The molecule has 1 aliphatic heterocycles. The van der Waals surface area contributed by atoms with Gasteiger partial charge in [0.2, 0.25) is 5.91 Å². The second-order valence-electron chi connectivity index (χ2n) is 12.6. The number of allylic oxidation sites excluding steroid dienone is 2. The molecule has 0 aromatic heterocycles. The number of amides is 1. The lowest BCUT2D eigenvalue weighted by molar-refractivity contribution is -0.298. The molecule has 0 aromatic rings. The van der Waals surface area contributed by atoms with Crippen molar-refractivity contribution in [1.82, 2.24) is 5.32 Å². The van der Waals surface area contributed by atoms with Gasteiger partial charge >= 0.3 is 10.4 Å². The van der Waals surface area contributed by atoms with Crippen molar-refractivity contribution >= 4 is 16.3 Å². The molecule has 0 aromatic carbocycles. The van der Waals surface area contributed by atoms with Gasteiger partial charge in [0.05, 0.1) is 25.4 Å². The van der Waals surface area contributed by atoms with E-state index in [0.717, 1.165) is 57.8 Å². The van der Waals surface area contributed by atoms with Gasteiger partial charge < -0.3 is 40.3 Å². The highest BCUT2D eigenvalue weighted by Crippen LogP contribution is 2.26. The summed E-state index contributed by atoms with van der Waals surface area (Å²) in [5.41, 5.74) is 0. The van der Waals surface area contributed by atoms with Crippen LogP contribution in [0.5, 0.6) is 0 Å². The fourth-order valence-corrected chi connectivity index (χ4v) is 6.01. The van der Waals surface area contributed by atoms with Crippen molar-refractivity contribution in [3.63, 3.8) is 0 Å². The second-order valence-corrected chi connectivity index (χ2v) is 13.6. The van der Waals surface area contributed by atoms with Gasteiger partial charge in [-0.15, -0.1) is 0 Å². The first-order valence-corrected chi connectivity index (χ1v) is 19.0. The molecule has 8 atom stereocenters. The number of nitrogens with one attached hydrogen (secondary N) is 1. The lowest BCUT2D eigenvalue weighted by Gasteiger charge is -2.41. The van der Waals surface area contributed by atoms with Crippen molar-refractivity contribution < 1.29 is 57.0 Å². The quantitative estimate of drug-likeness (QED) is 0.0356. The van der Waals surface area contributed by atoms with Crippen molar-refractivity contribution in [2.75, 3.05) is 13.2 Å². The number of carbonyl (C=O) groups excluding carboxylic acids is 1. The van der Waals surface area contributed by atoms with Crippen LogP contribution in [0.3, 0.4) is 0 Å². The molecule has 13 nitrogen and oxygen atoms in total.